The summed E-state index contributed by atoms with van der Waals surface area (Å²) in [5.74, 6) is -0.938. The molecule has 7 nitrogen and oxygen atoms in total. The van der Waals surface area contributed by atoms with Gasteiger partial charge in [0.15, 0.2) is 0 Å². The van der Waals surface area contributed by atoms with Gasteiger partial charge in [-0.3, -0.25) is 19.3 Å². The van der Waals surface area contributed by atoms with Gasteiger partial charge in [0.25, 0.3) is 17.7 Å². The number of fused-ring (bicyclic) bond motifs is 1. The van der Waals surface area contributed by atoms with E-state index in [4.69, 9.17) is 9.84 Å². The third-order valence-electron chi connectivity index (χ3n) is 4.21. The van der Waals surface area contributed by atoms with Crippen molar-refractivity contribution in [2.24, 2.45) is 0 Å². The molecule has 2 aliphatic rings. The van der Waals surface area contributed by atoms with Gasteiger partial charge in [-0.1, -0.05) is 0 Å². The van der Waals surface area contributed by atoms with Crippen LogP contribution in [-0.4, -0.2) is 72.1 Å². The molecule has 122 valence electrons. The minimum Gasteiger partial charge on any atom is -0.396 e. The molecule has 0 aliphatic carbocycles. The summed E-state index contributed by atoms with van der Waals surface area (Å²) in [6, 6.07) is 4.58. The molecule has 1 atom stereocenters. The van der Waals surface area contributed by atoms with E-state index in [0.717, 1.165) is 4.90 Å². The van der Waals surface area contributed by atoms with E-state index in [1.165, 1.54) is 19.2 Å². The fourth-order valence-corrected chi connectivity index (χ4v) is 2.90. The molecule has 1 saturated heterocycles. The van der Waals surface area contributed by atoms with E-state index in [1.807, 2.05) is 0 Å². The first-order valence-electron chi connectivity index (χ1n) is 7.51. The molecule has 0 spiro atoms. The van der Waals surface area contributed by atoms with Gasteiger partial charge in [0.2, 0.25) is 0 Å². The molecule has 2 heterocycles. The maximum absolute atomic E-state index is 12.6. The molecule has 2 aliphatic heterocycles. The highest BCUT2D eigenvalue weighted by Crippen LogP contribution is 2.23. The Bertz CT molecular complexity index is 670. The maximum atomic E-state index is 12.6. The van der Waals surface area contributed by atoms with Crippen LogP contribution in [0.25, 0.3) is 0 Å². The van der Waals surface area contributed by atoms with Crippen LogP contribution in [-0.2, 0) is 4.74 Å². The van der Waals surface area contributed by atoms with E-state index in [2.05, 4.69) is 0 Å². The fraction of sp³-hybridized carbons (Fsp3) is 0.438. The van der Waals surface area contributed by atoms with Crippen molar-refractivity contribution >= 4 is 17.7 Å². The van der Waals surface area contributed by atoms with Gasteiger partial charge in [-0.15, -0.1) is 0 Å². The number of imide groups is 1. The third-order valence-corrected chi connectivity index (χ3v) is 4.21. The number of hydrogen-bond donors (Lipinski definition) is 1. The number of nitrogens with zero attached hydrogens (tertiary/aromatic N) is 2. The van der Waals surface area contributed by atoms with Crippen LogP contribution in [0.4, 0.5) is 0 Å². The lowest BCUT2D eigenvalue weighted by atomic mass is 10.0. The quantitative estimate of drug-likeness (QED) is 0.801. The molecule has 3 rings (SSSR count). The Balaban J connectivity index is 1.81. The second-order valence-electron chi connectivity index (χ2n) is 5.69. The summed E-state index contributed by atoms with van der Waals surface area (Å²) in [4.78, 5) is 39.2. The highest BCUT2D eigenvalue weighted by atomic mass is 16.5. The van der Waals surface area contributed by atoms with Gasteiger partial charge in [-0.05, 0) is 24.6 Å². The molecule has 0 saturated carbocycles. The fourth-order valence-electron chi connectivity index (χ4n) is 2.90. The van der Waals surface area contributed by atoms with Crippen LogP contribution in [0.5, 0.6) is 0 Å². The first-order chi connectivity index (χ1) is 11.0. The van der Waals surface area contributed by atoms with Crippen LogP contribution in [0, 0.1) is 0 Å². The van der Waals surface area contributed by atoms with Gasteiger partial charge in [0.05, 0.1) is 23.8 Å². The Morgan fingerprint density at radius 2 is 2.04 bits per heavy atom. The Kier molecular flexibility index (Phi) is 4.14. The standard InChI is InChI=1S/C16H18N2O5/c1-17-15(21)12-3-2-10(8-13(12)16(17)22)14(20)18-5-7-23-11(9-18)4-6-19/h2-3,8,11,19H,4-7,9H2,1H3/t11-/m0/s1. The average molecular weight is 318 g/mol. The van der Waals surface area contributed by atoms with Crippen molar-refractivity contribution in [2.75, 3.05) is 33.4 Å². The van der Waals surface area contributed by atoms with Crippen LogP contribution in [0.2, 0.25) is 0 Å². The van der Waals surface area contributed by atoms with E-state index in [0.29, 0.717) is 37.2 Å². The Hall–Kier alpha value is -2.25. The van der Waals surface area contributed by atoms with Gasteiger partial charge in [-0.2, -0.15) is 0 Å². The number of ether oxygens (including phenoxy) is 1. The average Bonchev–Trinajstić information content (AvgIpc) is 2.79. The van der Waals surface area contributed by atoms with Gasteiger partial charge < -0.3 is 14.7 Å². The molecular formula is C16H18N2O5. The lowest BCUT2D eigenvalue weighted by molar-refractivity contribution is -0.0307. The highest BCUT2D eigenvalue weighted by Gasteiger charge is 2.34. The zero-order chi connectivity index (χ0) is 16.6. The lowest BCUT2D eigenvalue weighted by Gasteiger charge is -2.32. The third kappa shape index (κ3) is 2.73. The Morgan fingerprint density at radius 1 is 1.30 bits per heavy atom. The van der Waals surface area contributed by atoms with Crippen LogP contribution < -0.4 is 0 Å². The van der Waals surface area contributed by atoms with Crippen LogP contribution in [0.15, 0.2) is 18.2 Å². The zero-order valence-corrected chi connectivity index (χ0v) is 12.8. The molecule has 1 fully saturated rings. The molecule has 1 N–H and O–H groups in total. The minimum atomic E-state index is -0.389. The van der Waals surface area contributed by atoms with E-state index in [9.17, 15) is 14.4 Å². The molecule has 0 unspecified atom stereocenters. The smallest absolute Gasteiger partial charge is 0.261 e. The summed E-state index contributed by atoms with van der Waals surface area (Å²) in [7, 11) is 1.42. The number of morpholine rings is 1. The summed E-state index contributed by atoms with van der Waals surface area (Å²) in [5.41, 5.74) is 0.975. The van der Waals surface area contributed by atoms with Crippen molar-refractivity contribution in [1.29, 1.82) is 0 Å². The maximum Gasteiger partial charge on any atom is 0.261 e. The van der Waals surface area contributed by atoms with Gasteiger partial charge >= 0.3 is 0 Å². The molecule has 23 heavy (non-hydrogen) atoms. The van der Waals surface area contributed by atoms with E-state index >= 15 is 0 Å². The molecule has 1 aromatic carbocycles. The van der Waals surface area contributed by atoms with Gasteiger partial charge in [0.1, 0.15) is 0 Å². The molecule has 0 bridgehead atoms. The summed E-state index contributed by atoms with van der Waals surface area (Å²) in [5, 5.41) is 8.99. The predicted octanol–water partition coefficient (Wildman–Crippen LogP) is 0.136. The Morgan fingerprint density at radius 3 is 2.78 bits per heavy atom. The van der Waals surface area contributed by atoms with Crippen molar-refractivity contribution in [3.05, 3.63) is 34.9 Å². The first kappa shape index (κ1) is 15.6. The first-order valence-corrected chi connectivity index (χ1v) is 7.51. The van der Waals surface area contributed by atoms with Gasteiger partial charge in [-0.25, -0.2) is 0 Å². The topological polar surface area (TPSA) is 87.2 Å². The predicted molar refractivity (Wildman–Crippen MR) is 80.2 cm³/mol. The van der Waals surface area contributed by atoms with E-state index in [1.54, 1.807) is 11.0 Å². The summed E-state index contributed by atoms with van der Waals surface area (Å²) in [6.45, 7) is 1.30. The number of benzene rings is 1. The second-order valence-corrected chi connectivity index (χ2v) is 5.69. The van der Waals surface area contributed by atoms with Crippen LogP contribution in [0.1, 0.15) is 37.5 Å². The molecule has 0 aromatic heterocycles. The van der Waals surface area contributed by atoms with Crippen molar-refractivity contribution in [1.82, 2.24) is 9.80 Å². The lowest BCUT2D eigenvalue weighted by Crippen LogP contribution is -2.45. The largest absolute Gasteiger partial charge is 0.396 e. The monoisotopic (exact) mass is 318 g/mol. The summed E-state index contributed by atoms with van der Waals surface area (Å²) < 4.78 is 5.49. The highest BCUT2D eigenvalue weighted by molar-refractivity contribution is 6.21. The molecule has 3 amide bonds. The molecular weight excluding hydrogens is 300 g/mol. The summed E-state index contributed by atoms with van der Waals surface area (Å²) in [6.07, 6.45) is 0.299. The normalized spacial score (nSPS) is 20.9. The van der Waals surface area contributed by atoms with Crippen LogP contribution in [0.3, 0.4) is 0 Å². The SMILES string of the molecule is CN1C(=O)c2ccc(C(=O)N3CCO[C@@H](CCO)C3)cc2C1=O. The van der Waals surface area contributed by atoms with Crippen molar-refractivity contribution in [3.8, 4) is 0 Å². The minimum absolute atomic E-state index is 0.00842. The Labute approximate surface area is 133 Å². The number of carbonyl (C=O) groups is 3. The van der Waals surface area contributed by atoms with E-state index in [-0.39, 0.29) is 36.0 Å². The van der Waals surface area contributed by atoms with Crippen LogP contribution >= 0.6 is 0 Å². The summed E-state index contributed by atoms with van der Waals surface area (Å²) >= 11 is 0. The molecule has 7 heteroatoms. The van der Waals surface area contributed by atoms with Gasteiger partial charge in [0, 0.05) is 32.3 Å². The number of rotatable bonds is 3. The number of aliphatic hydroxyl groups is 1. The number of amides is 3. The zero-order valence-electron chi connectivity index (χ0n) is 12.8. The van der Waals surface area contributed by atoms with Crippen molar-refractivity contribution in [2.45, 2.75) is 12.5 Å². The number of hydrogen-bond acceptors (Lipinski definition) is 5. The number of carbonyl (C=O) groups excluding carboxylic acids is 3. The van der Waals surface area contributed by atoms with E-state index < -0.39 is 0 Å². The molecule has 0 radical (unpaired) electrons. The number of aliphatic hydroxyl groups excluding tert-OH is 1. The molecule has 1 aromatic rings. The van der Waals surface area contributed by atoms with Crippen molar-refractivity contribution in [3.63, 3.8) is 0 Å². The van der Waals surface area contributed by atoms with Crippen molar-refractivity contribution < 1.29 is 24.2 Å². The second kappa shape index (κ2) is 6.10.